The predicted molar refractivity (Wildman–Crippen MR) is 88.0 cm³/mol. The summed E-state index contributed by atoms with van der Waals surface area (Å²) in [7, 11) is 0. The van der Waals surface area contributed by atoms with Crippen LogP contribution in [-0.4, -0.2) is 36.4 Å². The Morgan fingerprint density at radius 1 is 1.09 bits per heavy atom. The molecule has 22 heavy (non-hydrogen) atoms. The van der Waals surface area contributed by atoms with E-state index in [4.69, 9.17) is 4.74 Å². The standard InChI is InChI=1S/C17H26N2O3/c1-4-11-19(12-5-2)17(21)13-16(20)18-14-9-7-8-10-15(14)22-6-3/h7-10H,4-6,11-13H2,1-3H3,(H,18,20). The molecule has 0 aromatic heterocycles. The highest BCUT2D eigenvalue weighted by molar-refractivity contribution is 6.04. The number of carbonyl (C=O) groups is 2. The molecule has 0 saturated carbocycles. The summed E-state index contributed by atoms with van der Waals surface area (Å²) in [6.45, 7) is 7.83. The van der Waals surface area contributed by atoms with Crippen molar-refractivity contribution in [3.8, 4) is 5.75 Å². The molecule has 1 aromatic carbocycles. The van der Waals surface area contributed by atoms with Crippen LogP contribution in [0.5, 0.6) is 5.75 Å². The van der Waals surface area contributed by atoms with Crippen molar-refractivity contribution in [2.75, 3.05) is 25.0 Å². The number of para-hydroxylation sites is 2. The lowest BCUT2D eigenvalue weighted by atomic mass is 10.2. The van der Waals surface area contributed by atoms with Gasteiger partial charge in [0.05, 0.1) is 12.3 Å². The predicted octanol–water partition coefficient (Wildman–Crippen LogP) is 3.06. The molecule has 1 N–H and O–H groups in total. The first-order valence-corrected chi connectivity index (χ1v) is 7.91. The van der Waals surface area contributed by atoms with Crippen LogP contribution in [0, 0.1) is 0 Å². The second kappa shape index (κ2) is 9.82. The summed E-state index contributed by atoms with van der Waals surface area (Å²) in [5.41, 5.74) is 0.597. The average Bonchev–Trinajstić information content (AvgIpc) is 2.49. The van der Waals surface area contributed by atoms with E-state index < -0.39 is 0 Å². The summed E-state index contributed by atoms with van der Waals surface area (Å²) in [5.74, 6) is 0.175. The van der Waals surface area contributed by atoms with Crippen LogP contribution in [0.3, 0.4) is 0 Å². The molecule has 0 heterocycles. The summed E-state index contributed by atoms with van der Waals surface area (Å²) in [4.78, 5) is 26.0. The van der Waals surface area contributed by atoms with Gasteiger partial charge in [-0.3, -0.25) is 9.59 Å². The molecule has 0 saturated heterocycles. The monoisotopic (exact) mass is 306 g/mol. The molecule has 0 bridgehead atoms. The van der Waals surface area contributed by atoms with Crippen LogP contribution in [0.25, 0.3) is 0 Å². The summed E-state index contributed by atoms with van der Waals surface area (Å²) < 4.78 is 5.46. The number of ether oxygens (including phenoxy) is 1. The highest BCUT2D eigenvalue weighted by atomic mass is 16.5. The normalized spacial score (nSPS) is 10.1. The van der Waals surface area contributed by atoms with Gasteiger partial charge >= 0.3 is 0 Å². The van der Waals surface area contributed by atoms with Gasteiger partial charge in [0.2, 0.25) is 11.8 Å². The molecule has 0 fully saturated rings. The maximum absolute atomic E-state index is 12.2. The highest BCUT2D eigenvalue weighted by Gasteiger charge is 2.17. The average molecular weight is 306 g/mol. The van der Waals surface area contributed by atoms with Crippen LogP contribution in [-0.2, 0) is 9.59 Å². The zero-order valence-corrected chi connectivity index (χ0v) is 13.7. The molecule has 1 rings (SSSR count). The number of carbonyl (C=O) groups excluding carboxylic acids is 2. The number of nitrogens with one attached hydrogen (secondary N) is 1. The van der Waals surface area contributed by atoms with Crippen molar-refractivity contribution in [2.45, 2.75) is 40.0 Å². The lowest BCUT2D eigenvalue weighted by molar-refractivity contribution is -0.134. The zero-order chi connectivity index (χ0) is 16.4. The maximum Gasteiger partial charge on any atom is 0.233 e. The largest absolute Gasteiger partial charge is 0.492 e. The molecule has 0 radical (unpaired) electrons. The van der Waals surface area contributed by atoms with Gasteiger partial charge < -0.3 is 15.0 Å². The van der Waals surface area contributed by atoms with E-state index in [1.807, 2.05) is 32.9 Å². The van der Waals surface area contributed by atoms with Crippen molar-refractivity contribution in [2.24, 2.45) is 0 Å². The fraction of sp³-hybridized carbons (Fsp3) is 0.529. The molecular weight excluding hydrogens is 280 g/mol. The van der Waals surface area contributed by atoms with Crippen LogP contribution in [0.2, 0.25) is 0 Å². The first-order valence-electron chi connectivity index (χ1n) is 7.91. The summed E-state index contributed by atoms with van der Waals surface area (Å²) in [6.07, 6.45) is 1.64. The Bertz CT molecular complexity index is 483. The van der Waals surface area contributed by atoms with Crippen LogP contribution < -0.4 is 10.1 Å². The third-order valence-electron chi connectivity index (χ3n) is 3.11. The smallest absolute Gasteiger partial charge is 0.233 e. The van der Waals surface area contributed by atoms with Gasteiger partial charge in [-0.2, -0.15) is 0 Å². The highest BCUT2D eigenvalue weighted by Crippen LogP contribution is 2.23. The minimum atomic E-state index is -0.311. The minimum Gasteiger partial charge on any atom is -0.492 e. The Kier molecular flexibility index (Phi) is 8.04. The Morgan fingerprint density at radius 3 is 2.32 bits per heavy atom. The van der Waals surface area contributed by atoms with E-state index in [9.17, 15) is 9.59 Å². The Labute approximate surface area is 132 Å². The van der Waals surface area contributed by atoms with Gasteiger partial charge in [0, 0.05) is 13.1 Å². The van der Waals surface area contributed by atoms with Gasteiger partial charge in [-0.05, 0) is 31.9 Å². The van der Waals surface area contributed by atoms with E-state index >= 15 is 0 Å². The fourth-order valence-corrected chi connectivity index (χ4v) is 2.20. The van der Waals surface area contributed by atoms with Crippen LogP contribution in [0.1, 0.15) is 40.0 Å². The zero-order valence-electron chi connectivity index (χ0n) is 13.7. The van der Waals surface area contributed by atoms with E-state index in [1.54, 1.807) is 17.0 Å². The number of hydrogen-bond donors (Lipinski definition) is 1. The first-order chi connectivity index (χ1) is 10.6. The molecular formula is C17H26N2O3. The van der Waals surface area contributed by atoms with Gasteiger partial charge in [-0.1, -0.05) is 26.0 Å². The third kappa shape index (κ3) is 5.76. The Hall–Kier alpha value is -2.04. The topological polar surface area (TPSA) is 58.6 Å². The van der Waals surface area contributed by atoms with Crippen molar-refractivity contribution < 1.29 is 14.3 Å². The molecule has 0 aliphatic heterocycles. The van der Waals surface area contributed by atoms with Crippen molar-refractivity contribution in [3.63, 3.8) is 0 Å². The number of nitrogens with zero attached hydrogens (tertiary/aromatic N) is 1. The van der Waals surface area contributed by atoms with Crippen LogP contribution in [0.4, 0.5) is 5.69 Å². The molecule has 5 heteroatoms. The van der Waals surface area contributed by atoms with E-state index in [1.165, 1.54) is 0 Å². The van der Waals surface area contributed by atoms with Crippen LogP contribution in [0.15, 0.2) is 24.3 Å². The van der Waals surface area contributed by atoms with Gasteiger partial charge in [0.15, 0.2) is 0 Å². The summed E-state index contributed by atoms with van der Waals surface area (Å²) in [6, 6.07) is 7.22. The molecule has 0 aliphatic carbocycles. The molecule has 0 aliphatic rings. The van der Waals surface area contributed by atoms with E-state index in [0.717, 1.165) is 12.8 Å². The van der Waals surface area contributed by atoms with Gasteiger partial charge in [0.25, 0.3) is 0 Å². The SMILES string of the molecule is CCCN(CCC)C(=O)CC(=O)Nc1ccccc1OCC. The fourth-order valence-electron chi connectivity index (χ4n) is 2.20. The van der Waals surface area contributed by atoms with Gasteiger partial charge in [-0.15, -0.1) is 0 Å². The summed E-state index contributed by atoms with van der Waals surface area (Å²) >= 11 is 0. The third-order valence-corrected chi connectivity index (χ3v) is 3.11. The van der Waals surface area contributed by atoms with Crippen molar-refractivity contribution in [3.05, 3.63) is 24.3 Å². The number of rotatable bonds is 9. The van der Waals surface area contributed by atoms with Crippen molar-refractivity contribution in [1.82, 2.24) is 4.90 Å². The molecule has 2 amide bonds. The molecule has 0 spiro atoms. The summed E-state index contributed by atoms with van der Waals surface area (Å²) in [5, 5.41) is 2.75. The Morgan fingerprint density at radius 2 is 1.73 bits per heavy atom. The van der Waals surface area contributed by atoms with E-state index in [0.29, 0.717) is 31.1 Å². The minimum absolute atomic E-state index is 0.130. The van der Waals surface area contributed by atoms with Gasteiger partial charge in [0.1, 0.15) is 12.2 Å². The van der Waals surface area contributed by atoms with Crippen molar-refractivity contribution in [1.29, 1.82) is 0 Å². The van der Waals surface area contributed by atoms with Crippen molar-refractivity contribution >= 4 is 17.5 Å². The molecule has 122 valence electrons. The molecule has 5 nitrogen and oxygen atoms in total. The Balaban J connectivity index is 2.63. The van der Waals surface area contributed by atoms with E-state index in [-0.39, 0.29) is 18.2 Å². The van der Waals surface area contributed by atoms with Gasteiger partial charge in [-0.25, -0.2) is 0 Å². The molecule has 0 unspecified atom stereocenters. The van der Waals surface area contributed by atoms with Crippen LogP contribution >= 0.6 is 0 Å². The first kappa shape index (κ1) is 18.0. The quantitative estimate of drug-likeness (QED) is 0.713. The number of anilines is 1. The molecule has 1 aromatic rings. The lowest BCUT2D eigenvalue weighted by Gasteiger charge is -2.21. The number of hydrogen-bond acceptors (Lipinski definition) is 3. The number of amides is 2. The molecule has 0 atom stereocenters. The second-order valence-electron chi connectivity index (χ2n) is 5.03. The van der Waals surface area contributed by atoms with E-state index in [2.05, 4.69) is 5.32 Å². The lowest BCUT2D eigenvalue weighted by Crippen LogP contribution is -2.35. The maximum atomic E-state index is 12.2. The number of benzene rings is 1. The second-order valence-corrected chi connectivity index (χ2v) is 5.03.